The number of aliphatic hydroxyl groups excluding tert-OH is 1. The fraction of sp³-hybridized carbons (Fsp3) is 0.867. The molecule has 0 spiro atoms. The number of unbranched alkanes of at least 4 members (excludes halogenated alkanes) is 15. The molecule has 9 nitrogen and oxygen atoms in total. The summed E-state index contributed by atoms with van der Waals surface area (Å²) in [6, 6.07) is -1.49. The highest BCUT2D eigenvalue weighted by Crippen LogP contribution is 2.14. The molecular formula is C30H56N4O5. The molecule has 9 heteroatoms. The van der Waals surface area contributed by atoms with E-state index in [1.165, 1.54) is 83.5 Å². The Balaban J connectivity index is 2.14. The maximum Gasteiger partial charge on any atom is 0.243 e. The molecule has 5 N–H and O–H groups in total. The molecular weight excluding hydrogens is 496 g/mol. The molecule has 0 aromatic rings. The van der Waals surface area contributed by atoms with Gasteiger partial charge in [0.15, 0.2) is 0 Å². The van der Waals surface area contributed by atoms with Crippen molar-refractivity contribution in [3.8, 4) is 0 Å². The first kappa shape index (κ1) is 34.9. The molecule has 2 unspecified atom stereocenters. The molecule has 1 rings (SSSR count). The van der Waals surface area contributed by atoms with E-state index in [2.05, 4.69) is 28.2 Å². The normalized spacial score (nSPS) is 15.5. The molecule has 2 atom stereocenters. The topological polar surface area (TPSA) is 137 Å². The first-order chi connectivity index (χ1) is 19.0. The van der Waals surface area contributed by atoms with Crippen molar-refractivity contribution >= 4 is 23.6 Å². The van der Waals surface area contributed by atoms with Crippen LogP contribution in [0.15, 0.2) is 0 Å². The maximum atomic E-state index is 12.8. The van der Waals surface area contributed by atoms with Gasteiger partial charge in [0.2, 0.25) is 23.6 Å². The van der Waals surface area contributed by atoms with E-state index in [0.29, 0.717) is 13.0 Å². The third-order valence-corrected chi connectivity index (χ3v) is 7.37. The Morgan fingerprint density at radius 2 is 1.36 bits per heavy atom. The van der Waals surface area contributed by atoms with E-state index in [4.69, 9.17) is 5.11 Å². The highest BCUT2D eigenvalue weighted by atomic mass is 16.3. The van der Waals surface area contributed by atoms with Gasteiger partial charge in [0, 0.05) is 25.9 Å². The molecule has 1 fully saturated rings. The highest BCUT2D eigenvalue weighted by Gasteiger charge is 2.30. The van der Waals surface area contributed by atoms with Crippen LogP contribution < -0.4 is 21.3 Å². The summed E-state index contributed by atoms with van der Waals surface area (Å²) in [4.78, 5) is 48.6. The van der Waals surface area contributed by atoms with Crippen molar-refractivity contribution in [3.63, 3.8) is 0 Å². The molecule has 4 amide bonds. The predicted octanol–water partition coefficient (Wildman–Crippen LogP) is 4.02. The van der Waals surface area contributed by atoms with Crippen LogP contribution in [0.4, 0.5) is 0 Å². The Bertz CT molecular complexity index is 688. The van der Waals surface area contributed by atoms with Gasteiger partial charge in [0.1, 0.15) is 12.1 Å². The molecule has 226 valence electrons. The SMILES string of the molecule is CCCCCCCCCCCCCCCCCCNC(=O)C(CCC(=O)NCCO)NC(=O)C1CCC(=O)N1. The molecule has 1 heterocycles. The van der Waals surface area contributed by atoms with Gasteiger partial charge in [0.25, 0.3) is 0 Å². The zero-order valence-electron chi connectivity index (χ0n) is 24.5. The van der Waals surface area contributed by atoms with Crippen LogP contribution in [0.2, 0.25) is 0 Å². The monoisotopic (exact) mass is 552 g/mol. The minimum absolute atomic E-state index is 0.0500. The van der Waals surface area contributed by atoms with Gasteiger partial charge in [-0.3, -0.25) is 19.2 Å². The lowest BCUT2D eigenvalue weighted by Crippen LogP contribution is -2.52. The van der Waals surface area contributed by atoms with E-state index in [1.807, 2.05) is 0 Å². The Morgan fingerprint density at radius 3 is 1.85 bits per heavy atom. The van der Waals surface area contributed by atoms with Gasteiger partial charge in [-0.25, -0.2) is 0 Å². The minimum Gasteiger partial charge on any atom is -0.395 e. The average Bonchev–Trinajstić information content (AvgIpc) is 3.37. The Labute approximate surface area is 236 Å². The molecule has 1 saturated heterocycles. The molecule has 39 heavy (non-hydrogen) atoms. The number of hydrogen-bond acceptors (Lipinski definition) is 5. The van der Waals surface area contributed by atoms with Crippen LogP contribution in [0.1, 0.15) is 135 Å². The molecule has 0 aromatic carbocycles. The third kappa shape index (κ3) is 18.7. The smallest absolute Gasteiger partial charge is 0.243 e. The zero-order valence-corrected chi connectivity index (χ0v) is 24.5. The van der Waals surface area contributed by atoms with Crippen molar-refractivity contribution in [3.05, 3.63) is 0 Å². The number of carbonyl (C=O) groups is 4. The second kappa shape index (κ2) is 23.7. The lowest BCUT2D eigenvalue weighted by molar-refractivity contribution is -0.131. The first-order valence-corrected chi connectivity index (χ1v) is 15.7. The molecule has 1 aliphatic rings. The van der Waals surface area contributed by atoms with Gasteiger partial charge in [0.05, 0.1) is 6.61 Å². The van der Waals surface area contributed by atoms with Crippen LogP contribution >= 0.6 is 0 Å². The molecule has 0 aromatic heterocycles. The Morgan fingerprint density at radius 1 is 0.821 bits per heavy atom. The summed E-state index contributed by atoms with van der Waals surface area (Å²) in [5.41, 5.74) is 0. The van der Waals surface area contributed by atoms with E-state index in [-0.39, 0.29) is 50.1 Å². The zero-order chi connectivity index (χ0) is 28.6. The third-order valence-electron chi connectivity index (χ3n) is 7.37. The van der Waals surface area contributed by atoms with Crippen molar-refractivity contribution in [2.75, 3.05) is 19.7 Å². The van der Waals surface area contributed by atoms with Crippen molar-refractivity contribution in [1.82, 2.24) is 21.3 Å². The van der Waals surface area contributed by atoms with Gasteiger partial charge in [-0.2, -0.15) is 0 Å². The predicted molar refractivity (Wildman–Crippen MR) is 155 cm³/mol. The Hall–Kier alpha value is -2.16. The molecule has 0 aliphatic carbocycles. The summed E-state index contributed by atoms with van der Waals surface area (Å²) in [5.74, 6) is -1.19. The van der Waals surface area contributed by atoms with Crippen molar-refractivity contribution in [1.29, 1.82) is 0 Å². The van der Waals surface area contributed by atoms with E-state index in [9.17, 15) is 19.2 Å². The number of nitrogens with one attached hydrogen (secondary N) is 4. The number of rotatable bonds is 25. The number of hydrogen-bond donors (Lipinski definition) is 5. The van der Waals surface area contributed by atoms with Gasteiger partial charge in [-0.05, 0) is 19.3 Å². The van der Waals surface area contributed by atoms with E-state index in [0.717, 1.165) is 19.3 Å². The number of amides is 4. The summed E-state index contributed by atoms with van der Waals surface area (Å²) in [5, 5.41) is 19.6. The maximum absolute atomic E-state index is 12.8. The van der Waals surface area contributed by atoms with Gasteiger partial charge < -0.3 is 26.4 Å². The van der Waals surface area contributed by atoms with Gasteiger partial charge in [-0.1, -0.05) is 103 Å². The van der Waals surface area contributed by atoms with Crippen LogP contribution in [-0.2, 0) is 19.2 Å². The fourth-order valence-corrected chi connectivity index (χ4v) is 4.92. The standard InChI is InChI=1S/C30H56N4O5/c1-2-3-4-5-6-7-8-9-10-11-12-13-14-15-16-17-22-32-29(38)25(18-20-27(36)31-23-24-35)34-30(39)26-19-21-28(37)33-26/h25-26,35H,2-24H2,1H3,(H,31,36)(H,32,38)(H,33,37)(H,34,39). The van der Waals surface area contributed by atoms with Crippen molar-refractivity contribution < 1.29 is 24.3 Å². The number of carbonyl (C=O) groups excluding carboxylic acids is 4. The fourth-order valence-electron chi connectivity index (χ4n) is 4.92. The lowest BCUT2D eigenvalue weighted by Gasteiger charge is -2.20. The van der Waals surface area contributed by atoms with Crippen molar-refractivity contribution in [2.24, 2.45) is 0 Å². The van der Waals surface area contributed by atoms with E-state index < -0.39 is 18.0 Å². The molecule has 0 radical (unpaired) electrons. The van der Waals surface area contributed by atoms with Crippen LogP contribution in [-0.4, -0.2) is 60.5 Å². The number of aliphatic hydroxyl groups is 1. The molecule has 0 saturated carbocycles. The van der Waals surface area contributed by atoms with Crippen LogP contribution in [0.5, 0.6) is 0 Å². The summed E-state index contributed by atoms with van der Waals surface area (Å²) < 4.78 is 0. The van der Waals surface area contributed by atoms with Gasteiger partial charge >= 0.3 is 0 Å². The largest absolute Gasteiger partial charge is 0.395 e. The van der Waals surface area contributed by atoms with Crippen molar-refractivity contribution in [2.45, 2.75) is 147 Å². The van der Waals surface area contributed by atoms with E-state index in [1.54, 1.807) is 0 Å². The summed E-state index contributed by atoms with van der Waals surface area (Å²) >= 11 is 0. The molecule has 0 bridgehead atoms. The van der Waals surface area contributed by atoms with E-state index >= 15 is 0 Å². The van der Waals surface area contributed by atoms with Crippen LogP contribution in [0.25, 0.3) is 0 Å². The molecule has 1 aliphatic heterocycles. The second-order valence-corrected chi connectivity index (χ2v) is 10.9. The summed E-state index contributed by atoms with van der Waals surface area (Å²) in [6.07, 6.45) is 21.5. The van der Waals surface area contributed by atoms with Crippen LogP contribution in [0.3, 0.4) is 0 Å². The second-order valence-electron chi connectivity index (χ2n) is 10.9. The lowest BCUT2D eigenvalue weighted by atomic mass is 10.0. The summed E-state index contributed by atoms with van der Waals surface area (Å²) in [6.45, 7) is 2.78. The van der Waals surface area contributed by atoms with Crippen LogP contribution in [0, 0.1) is 0 Å². The quantitative estimate of drug-likeness (QED) is 0.109. The first-order valence-electron chi connectivity index (χ1n) is 15.7. The summed E-state index contributed by atoms with van der Waals surface area (Å²) in [7, 11) is 0. The Kier molecular flexibility index (Phi) is 21.2. The van der Waals surface area contributed by atoms with Gasteiger partial charge in [-0.15, -0.1) is 0 Å². The highest BCUT2D eigenvalue weighted by molar-refractivity contribution is 5.94. The minimum atomic E-state index is -0.851. The average molecular weight is 553 g/mol.